The number of rotatable bonds is 0. The van der Waals surface area contributed by atoms with Gasteiger partial charge in [-0.2, -0.15) is 0 Å². The summed E-state index contributed by atoms with van der Waals surface area (Å²) >= 11 is 8.31. The zero-order valence-electron chi connectivity index (χ0n) is 4.51. The van der Waals surface area contributed by atoms with Crippen molar-refractivity contribution in [2.24, 2.45) is 0 Å². The summed E-state index contributed by atoms with van der Waals surface area (Å²) in [5, 5.41) is 7.65. The van der Waals surface area contributed by atoms with Crippen LogP contribution >= 0.6 is 24.8 Å². The molecule has 1 N–H and O–H groups in total. The first-order chi connectivity index (χ1) is 3.15. The minimum atomic E-state index is -0.306. The van der Waals surface area contributed by atoms with Crippen LogP contribution in [0.1, 0.15) is 6.92 Å². The third kappa shape index (κ3) is 77.3. The summed E-state index contributed by atoms with van der Waals surface area (Å²) < 4.78 is 1.13. The molecule has 0 atom stereocenters. The molecule has 0 fully saturated rings. The Labute approximate surface area is 88.9 Å². The molecular weight excluding hydrogens is 155 g/mol. The van der Waals surface area contributed by atoms with E-state index in [0.717, 1.165) is 49.0 Å². The first-order valence-electron chi connectivity index (χ1n) is 2.07. The van der Waals surface area contributed by atoms with E-state index in [2.05, 4.69) is 31.8 Å². The number of thiol groups is 1. The van der Waals surface area contributed by atoms with Gasteiger partial charge in [0.25, 0.3) is 0 Å². The van der Waals surface area contributed by atoms with E-state index in [1.807, 2.05) is 0 Å². The molecule has 0 radical (unpaired) electrons. The molecule has 1 nitrogen and oxygen atoms in total. The molecule has 0 unspecified atom stereocenters. The predicted molar refractivity (Wildman–Crippen MR) is 40.4 cm³/mol. The summed E-state index contributed by atoms with van der Waals surface area (Å²) in [5.74, 6) is 0. The Balaban J connectivity index is 0. The Morgan fingerprint density at radius 3 is 2.00 bits per heavy atom. The number of aliphatic hydroxyl groups is 1. The molecule has 0 aliphatic rings. The summed E-state index contributed by atoms with van der Waals surface area (Å²) in [5.41, 5.74) is 0. The third-order valence-corrected chi connectivity index (χ3v) is 0. The predicted octanol–water partition coefficient (Wildman–Crippen LogP) is 1.35. The molecule has 0 aromatic carbocycles. The van der Waals surface area contributed by atoms with Crippen molar-refractivity contribution in [2.75, 3.05) is 0 Å². The Hall–Kier alpha value is 1.88. The van der Waals surface area contributed by atoms with E-state index in [-0.39, 0.29) is 4.38 Å². The van der Waals surface area contributed by atoms with E-state index in [1.165, 1.54) is 0.515 Å². The van der Waals surface area contributed by atoms with Gasteiger partial charge in [0.2, 0.25) is 4.38 Å². The van der Waals surface area contributed by atoms with Crippen molar-refractivity contribution < 1.29 is 5.11 Å². The molecule has 7 heavy (non-hydrogen) atoms. The van der Waals surface area contributed by atoms with Gasteiger partial charge in [0.15, 0.2) is 0 Å². The zero-order valence-corrected chi connectivity index (χ0v) is 9.34. The van der Waals surface area contributed by atoms with Crippen LogP contribution in [0.4, 0.5) is 0 Å². The molecule has 0 heterocycles. The monoisotopic (exact) mass is 162 g/mol. The quantitative estimate of drug-likeness (QED) is 0.318. The maximum atomic E-state index is 7.65. The van der Waals surface area contributed by atoms with E-state index in [9.17, 15) is 0 Å². The van der Waals surface area contributed by atoms with Crippen LogP contribution in [0.2, 0.25) is 0.515 Å². The first kappa shape index (κ1) is 11.6. The van der Waals surface area contributed by atoms with Crippen molar-refractivity contribution in [1.29, 1.82) is 0 Å². The fraction of sp³-hybridized carbons (Fsp3) is 0.667. The summed E-state index contributed by atoms with van der Waals surface area (Å²) in [6.45, 7) is 2.21. The second-order valence-electron chi connectivity index (χ2n) is 0.990. The van der Waals surface area contributed by atoms with Crippen molar-refractivity contribution in [3.63, 3.8) is 0 Å². The molecule has 0 rings (SSSR count). The standard InChI is InChI=1S/C2H5.CH2OS2.K/c1-2;2-1(3)4;/h1H2,2H3;(H2,2,3,4);. The molecule has 0 bridgehead atoms. The maximum Gasteiger partial charge on any atom is 0.214 e. The van der Waals surface area contributed by atoms with Gasteiger partial charge in [-0.1, -0.05) is 12.6 Å². The van der Waals surface area contributed by atoms with Gasteiger partial charge in [0.05, 0.1) is 0 Å². The smallest absolute Gasteiger partial charge is 0.214 e. The third-order valence-electron chi connectivity index (χ3n) is 0. The van der Waals surface area contributed by atoms with Crippen LogP contribution in [-0.2, 0) is 0 Å². The zero-order chi connectivity index (χ0) is 6.28. The van der Waals surface area contributed by atoms with Crippen LogP contribution in [0.5, 0.6) is 0 Å². The summed E-state index contributed by atoms with van der Waals surface area (Å²) in [4.78, 5) is 0. The van der Waals surface area contributed by atoms with Crippen molar-refractivity contribution >= 4 is 78.2 Å². The van der Waals surface area contributed by atoms with E-state index in [1.54, 1.807) is 0 Å². The van der Waals surface area contributed by atoms with Crippen molar-refractivity contribution in [1.82, 2.24) is 0 Å². The molecule has 0 aromatic rings. The average molecular weight is 162 g/mol. The van der Waals surface area contributed by atoms with Gasteiger partial charge >= 0.3 is 56.4 Å². The van der Waals surface area contributed by atoms with E-state index < -0.39 is 0 Å². The average Bonchev–Trinajstić information content (AvgIpc) is 1.33. The molecule has 0 aliphatic heterocycles. The fourth-order valence-corrected chi connectivity index (χ4v) is 0. The molecule has 0 saturated carbocycles. The van der Waals surface area contributed by atoms with Gasteiger partial charge in [-0.25, -0.2) is 0 Å². The Bertz CT molecular complexity index is 44.2. The topological polar surface area (TPSA) is 20.2 Å². The van der Waals surface area contributed by atoms with Crippen LogP contribution in [0, 0.1) is 0 Å². The van der Waals surface area contributed by atoms with E-state index in [0.29, 0.717) is 0 Å². The summed E-state index contributed by atoms with van der Waals surface area (Å²) in [6, 6.07) is 0. The second kappa shape index (κ2) is 10.8. The van der Waals surface area contributed by atoms with Gasteiger partial charge in [-0.15, -0.1) is 0 Å². The SMILES string of the molecule is C[CH2][K].OC(=S)S. The van der Waals surface area contributed by atoms with Crippen molar-refractivity contribution in [3.05, 3.63) is 0 Å². The minimum Gasteiger partial charge on any atom is -0.494 e. The molecule has 38 valence electrons. The van der Waals surface area contributed by atoms with Crippen molar-refractivity contribution in [2.45, 2.75) is 7.44 Å². The molecule has 0 saturated heterocycles. The van der Waals surface area contributed by atoms with Crippen LogP contribution < -0.4 is 0 Å². The van der Waals surface area contributed by atoms with Gasteiger partial charge in [0.1, 0.15) is 0 Å². The number of hydrogen-bond donors (Lipinski definition) is 2. The normalized spacial score (nSPS) is 6.29. The summed E-state index contributed by atoms with van der Waals surface area (Å²) in [6.07, 6.45) is 0. The maximum absolute atomic E-state index is 7.65. The van der Waals surface area contributed by atoms with Crippen LogP contribution in [-0.4, -0.2) is 58.4 Å². The van der Waals surface area contributed by atoms with Gasteiger partial charge in [-0.3, -0.25) is 0 Å². The molecule has 0 aliphatic carbocycles. The first-order valence-corrected chi connectivity index (χ1v) is 5.13. The van der Waals surface area contributed by atoms with E-state index >= 15 is 0 Å². The molecule has 4 heteroatoms. The molecular formula is C3H7KOS2. The van der Waals surface area contributed by atoms with Gasteiger partial charge in [0, 0.05) is 0 Å². The molecule has 0 aromatic heterocycles. The minimum absolute atomic E-state index is 0.306. The van der Waals surface area contributed by atoms with E-state index in [4.69, 9.17) is 5.11 Å². The number of hydrogen-bond acceptors (Lipinski definition) is 1. The van der Waals surface area contributed by atoms with Gasteiger partial charge in [-0.05, 0) is 12.2 Å². The second-order valence-corrected chi connectivity index (χ2v) is 4.31. The Kier molecular flexibility index (Phi) is 17.9. The largest absolute Gasteiger partial charge is 0.494 e. The molecule has 0 spiro atoms. The van der Waals surface area contributed by atoms with Crippen LogP contribution in [0.25, 0.3) is 0 Å². The number of thiocarbonyl (C=S) groups is 1. The Morgan fingerprint density at radius 2 is 2.00 bits per heavy atom. The van der Waals surface area contributed by atoms with Crippen LogP contribution in [0.15, 0.2) is 0 Å². The Morgan fingerprint density at radius 1 is 2.00 bits per heavy atom. The molecule has 0 amide bonds. The fourth-order valence-electron chi connectivity index (χ4n) is 0. The van der Waals surface area contributed by atoms with Gasteiger partial charge < -0.3 is 5.11 Å². The van der Waals surface area contributed by atoms with Crippen molar-refractivity contribution in [3.8, 4) is 0 Å². The summed E-state index contributed by atoms with van der Waals surface area (Å²) in [7, 11) is 0. The van der Waals surface area contributed by atoms with Crippen LogP contribution in [0.3, 0.4) is 0 Å². The number of aliphatic hydroxyl groups excluding tert-OH is 1.